The van der Waals surface area contributed by atoms with Crippen LogP contribution in [0.3, 0.4) is 0 Å². The van der Waals surface area contributed by atoms with E-state index in [0.29, 0.717) is 17.9 Å². The minimum absolute atomic E-state index is 0.131. The number of hydrogen-bond acceptors (Lipinski definition) is 0. The molecule has 0 nitrogen and oxygen atoms in total. The fraction of sp³-hybridized carbons (Fsp3) is 0.250. The van der Waals surface area contributed by atoms with Gasteiger partial charge in [0.25, 0.3) is 0 Å². The Morgan fingerprint density at radius 2 is 1.84 bits per heavy atom. The van der Waals surface area contributed by atoms with Crippen molar-refractivity contribution in [2.45, 2.75) is 19.3 Å². The molecule has 3 heteroatoms. The Labute approximate surface area is 126 Å². The van der Waals surface area contributed by atoms with Crippen LogP contribution in [-0.4, -0.2) is 5.88 Å². The molecule has 0 fully saturated rings. The Hall–Kier alpha value is -0.860. The highest BCUT2D eigenvalue weighted by molar-refractivity contribution is 9.10. The lowest BCUT2D eigenvalue weighted by Crippen LogP contribution is -2.06. The van der Waals surface area contributed by atoms with Crippen molar-refractivity contribution in [1.82, 2.24) is 0 Å². The number of rotatable bonds is 4. The first-order valence-electron chi connectivity index (χ1n) is 6.16. The van der Waals surface area contributed by atoms with Crippen molar-refractivity contribution in [1.29, 1.82) is 0 Å². The molecule has 1 atom stereocenters. The van der Waals surface area contributed by atoms with Crippen LogP contribution >= 0.6 is 27.5 Å². The van der Waals surface area contributed by atoms with Crippen LogP contribution in [0.1, 0.15) is 22.6 Å². The highest BCUT2D eigenvalue weighted by Gasteiger charge is 2.14. The van der Waals surface area contributed by atoms with Crippen molar-refractivity contribution < 1.29 is 4.39 Å². The molecule has 0 aromatic heterocycles. The molecule has 19 heavy (non-hydrogen) atoms. The molecule has 0 spiro atoms. The van der Waals surface area contributed by atoms with Gasteiger partial charge in [0, 0.05) is 16.3 Å². The number of halogens is 3. The maximum Gasteiger partial charge on any atom is 0.126 e. The van der Waals surface area contributed by atoms with Gasteiger partial charge in [-0.2, -0.15) is 0 Å². The summed E-state index contributed by atoms with van der Waals surface area (Å²) in [4.78, 5) is 0. The van der Waals surface area contributed by atoms with Gasteiger partial charge in [0.2, 0.25) is 0 Å². The fourth-order valence-corrected chi connectivity index (χ4v) is 2.76. The SMILES string of the molecule is Cc1ccc(C(CCl)Cc2cc(Br)ccc2F)cc1. The molecule has 0 heterocycles. The summed E-state index contributed by atoms with van der Waals surface area (Å²) in [5.74, 6) is 0.436. The smallest absolute Gasteiger partial charge is 0.126 e. The summed E-state index contributed by atoms with van der Waals surface area (Å²) in [6.45, 7) is 2.05. The van der Waals surface area contributed by atoms with Crippen molar-refractivity contribution in [3.63, 3.8) is 0 Å². The average molecular weight is 342 g/mol. The summed E-state index contributed by atoms with van der Waals surface area (Å²) < 4.78 is 14.7. The topological polar surface area (TPSA) is 0 Å². The molecule has 0 aliphatic rings. The molecule has 0 aliphatic heterocycles. The molecule has 0 aliphatic carbocycles. The largest absolute Gasteiger partial charge is 0.207 e. The number of hydrogen-bond donors (Lipinski definition) is 0. The second-order valence-corrected chi connectivity index (χ2v) is 5.93. The van der Waals surface area contributed by atoms with Gasteiger partial charge in [-0.25, -0.2) is 4.39 Å². The number of benzene rings is 2. The monoisotopic (exact) mass is 340 g/mol. The number of aryl methyl sites for hydroxylation is 1. The van der Waals surface area contributed by atoms with Crippen LogP contribution < -0.4 is 0 Å². The zero-order chi connectivity index (χ0) is 13.8. The lowest BCUT2D eigenvalue weighted by atomic mass is 9.93. The van der Waals surface area contributed by atoms with Gasteiger partial charge in [0.05, 0.1) is 0 Å². The van der Waals surface area contributed by atoms with Gasteiger partial charge in [-0.05, 0) is 42.7 Å². The van der Waals surface area contributed by atoms with E-state index >= 15 is 0 Å². The molecule has 2 rings (SSSR count). The van der Waals surface area contributed by atoms with E-state index in [2.05, 4.69) is 40.2 Å². The van der Waals surface area contributed by atoms with Crippen LogP contribution in [0.5, 0.6) is 0 Å². The van der Waals surface area contributed by atoms with Crippen molar-refractivity contribution in [3.05, 3.63) is 69.4 Å². The molecule has 0 bridgehead atoms. The van der Waals surface area contributed by atoms with Gasteiger partial charge in [-0.1, -0.05) is 45.8 Å². The molecule has 1 unspecified atom stereocenters. The molecule has 0 N–H and O–H groups in total. The van der Waals surface area contributed by atoms with E-state index in [-0.39, 0.29) is 11.7 Å². The van der Waals surface area contributed by atoms with Crippen molar-refractivity contribution in [3.8, 4) is 0 Å². The molecule has 0 radical (unpaired) electrons. The lowest BCUT2D eigenvalue weighted by Gasteiger charge is -2.15. The normalized spacial score (nSPS) is 12.4. The molecule has 100 valence electrons. The fourth-order valence-electron chi connectivity index (χ4n) is 2.07. The predicted molar refractivity (Wildman–Crippen MR) is 82.4 cm³/mol. The van der Waals surface area contributed by atoms with Crippen LogP contribution in [0.2, 0.25) is 0 Å². The molecular weight excluding hydrogens is 327 g/mol. The van der Waals surface area contributed by atoms with Gasteiger partial charge in [0.15, 0.2) is 0 Å². The standard InChI is InChI=1S/C16H15BrClF/c1-11-2-4-12(5-3-11)14(10-18)8-13-9-15(17)6-7-16(13)19/h2-7,9,14H,8,10H2,1H3. The molecule has 2 aromatic carbocycles. The zero-order valence-corrected chi connectivity index (χ0v) is 13.0. The van der Waals surface area contributed by atoms with Crippen LogP contribution in [-0.2, 0) is 6.42 Å². The van der Waals surface area contributed by atoms with E-state index in [4.69, 9.17) is 11.6 Å². The third-order valence-electron chi connectivity index (χ3n) is 3.21. The predicted octanol–water partition coefficient (Wildman–Crippen LogP) is 5.46. The van der Waals surface area contributed by atoms with Crippen LogP contribution in [0.25, 0.3) is 0 Å². The molecule has 0 amide bonds. The minimum atomic E-state index is -0.176. The molecule has 2 aromatic rings. The Bertz CT molecular complexity index is 551. The Balaban J connectivity index is 2.23. The van der Waals surface area contributed by atoms with Crippen LogP contribution in [0.4, 0.5) is 4.39 Å². The zero-order valence-electron chi connectivity index (χ0n) is 10.7. The Morgan fingerprint density at radius 1 is 1.16 bits per heavy atom. The summed E-state index contributed by atoms with van der Waals surface area (Å²) in [5.41, 5.74) is 3.06. The van der Waals surface area contributed by atoms with Gasteiger partial charge in [-0.3, -0.25) is 0 Å². The van der Waals surface area contributed by atoms with E-state index in [9.17, 15) is 4.39 Å². The van der Waals surface area contributed by atoms with Gasteiger partial charge in [0.1, 0.15) is 5.82 Å². The van der Waals surface area contributed by atoms with E-state index in [1.807, 2.05) is 13.0 Å². The molecule has 0 saturated heterocycles. The summed E-state index contributed by atoms with van der Waals surface area (Å²) >= 11 is 9.42. The second kappa shape index (κ2) is 6.53. The van der Waals surface area contributed by atoms with Crippen molar-refractivity contribution in [2.75, 3.05) is 5.88 Å². The maximum absolute atomic E-state index is 13.8. The quantitative estimate of drug-likeness (QED) is 0.648. The van der Waals surface area contributed by atoms with E-state index in [0.717, 1.165) is 10.0 Å². The van der Waals surface area contributed by atoms with Gasteiger partial charge in [-0.15, -0.1) is 11.6 Å². The summed E-state index contributed by atoms with van der Waals surface area (Å²) in [6.07, 6.45) is 0.609. The number of alkyl halides is 1. The van der Waals surface area contributed by atoms with Crippen LogP contribution in [0, 0.1) is 12.7 Å². The highest BCUT2D eigenvalue weighted by Crippen LogP contribution is 2.25. The molecule has 0 saturated carbocycles. The van der Waals surface area contributed by atoms with Gasteiger partial charge >= 0.3 is 0 Å². The third-order valence-corrected chi connectivity index (χ3v) is 4.07. The summed E-state index contributed by atoms with van der Waals surface area (Å²) in [5, 5.41) is 0. The highest BCUT2D eigenvalue weighted by atomic mass is 79.9. The molecular formula is C16H15BrClF. The second-order valence-electron chi connectivity index (χ2n) is 4.70. The van der Waals surface area contributed by atoms with E-state index in [1.165, 1.54) is 11.6 Å². The van der Waals surface area contributed by atoms with Crippen molar-refractivity contribution in [2.24, 2.45) is 0 Å². The average Bonchev–Trinajstić information content (AvgIpc) is 2.41. The summed E-state index contributed by atoms with van der Waals surface area (Å²) in [7, 11) is 0. The lowest BCUT2D eigenvalue weighted by molar-refractivity contribution is 0.598. The van der Waals surface area contributed by atoms with Gasteiger partial charge < -0.3 is 0 Å². The summed E-state index contributed by atoms with van der Waals surface area (Å²) in [6, 6.07) is 13.3. The first-order valence-corrected chi connectivity index (χ1v) is 7.49. The Kier molecular flexibility index (Phi) is 5.00. The Morgan fingerprint density at radius 3 is 2.47 bits per heavy atom. The first kappa shape index (κ1) is 14.5. The maximum atomic E-state index is 13.8. The first-order chi connectivity index (χ1) is 9.10. The third kappa shape index (κ3) is 3.80. The van der Waals surface area contributed by atoms with Crippen molar-refractivity contribution >= 4 is 27.5 Å². The minimum Gasteiger partial charge on any atom is -0.207 e. The van der Waals surface area contributed by atoms with E-state index < -0.39 is 0 Å². The van der Waals surface area contributed by atoms with Crippen LogP contribution in [0.15, 0.2) is 46.9 Å². The van der Waals surface area contributed by atoms with E-state index in [1.54, 1.807) is 6.07 Å².